The average molecular weight is 375 g/mol. The van der Waals surface area contributed by atoms with Crippen molar-refractivity contribution in [1.29, 1.82) is 0 Å². The molecule has 0 aliphatic carbocycles. The van der Waals surface area contributed by atoms with Crippen molar-refractivity contribution in [3.63, 3.8) is 0 Å². The van der Waals surface area contributed by atoms with Crippen molar-refractivity contribution in [1.82, 2.24) is 15.2 Å². The molecule has 7 nitrogen and oxygen atoms in total. The predicted octanol–water partition coefficient (Wildman–Crippen LogP) is 3.66. The molecule has 1 aromatic heterocycles. The van der Waals surface area contributed by atoms with Gasteiger partial charge >= 0.3 is 0 Å². The third-order valence-corrected chi connectivity index (χ3v) is 4.79. The molecule has 7 heteroatoms. The second kappa shape index (κ2) is 7.26. The maximum absolute atomic E-state index is 12.7. The third kappa shape index (κ3) is 3.38. The Balaban J connectivity index is 1.53. The molecular formula is C21H21N5O2. The van der Waals surface area contributed by atoms with Crippen LogP contribution in [0.1, 0.15) is 43.5 Å². The zero-order chi connectivity index (χ0) is 19.7. The lowest BCUT2D eigenvalue weighted by Gasteiger charge is -2.11. The van der Waals surface area contributed by atoms with Crippen LogP contribution in [0.25, 0.3) is 11.4 Å². The van der Waals surface area contributed by atoms with Gasteiger partial charge < -0.3 is 10.6 Å². The van der Waals surface area contributed by atoms with E-state index < -0.39 is 5.92 Å². The van der Waals surface area contributed by atoms with Gasteiger partial charge in [-0.25, -0.2) is 4.98 Å². The largest absolute Gasteiger partial charge is 0.325 e. The van der Waals surface area contributed by atoms with Gasteiger partial charge in [0.1, 0.15) is 5.82 Å². The van der Waals surface area contributed by atoms with Crippen LogP contribution in [0.3, 0.4) is 0 Å². The van der Waals surface area contributed by atoms with E-state index in [1.807, 2.05) is 56.3 Å². The summed E-state index contributed by atoms with van der Waals surface area (Å²) in [6, 6.07) is 14.8. The van der Waals surface area contributed by atoms with Gasteiger partial charge in [-0.3, -0.25) is 14.7 Å². The van der Waals surface area contributed by atoms with Crippen LogP contribution >= 0.6 is 0 Å². The number of hydrogen-bond acceptors (Lipinski definition) is 4. The predicted molar refractivity (Wildman–Crippen MR) is 107 cm³/mol. The first kappa shape index (κ1) is 17.9. The van der Waals surface area contributed by atoms with Crippen molar-refractivity contribution in [3.05, 3.63) is 59.9 Å². The van der Waals surface area contributed by atoms with Crippen molar-refractivity contribution in [2.24, 2.45) is 0 Å². The summed E-state index contributed by atoms with van der Waals surface area (Å²) in [6.07, 6.45) is 0.0718. The van der Waals surface area contributed by atoms with Crippen LogP contribution in [0.15, 0.2) is 48.5 Å². The first-order valence-electron chi connectivity index (χ1n) is 9.24. The van der Waals surface area contributed by atoms with Crippen molar-refractivity contribution in [3.8, 4) is 11.4 Å². The molecule has 3 aromatic rings. The molecule has 1 aliphatic rings. The zero-order valence-corrected chi connectivity index (χ0v) is 15.7. The first-order valence-corrected chi connectivity index (χ1v) is 9.24. The number of hydrogen-bond donors (Lipinski definition) is 3. The topological polar surface area (TPSA) is 99.8 Å². The minimum absolute atomic E-state index is 0.0718. The maximum atomic E-state index is 12.7. The molecule has 1 atom stereocenters. The Bertz CT molecular complexity index is 1040. The fourth-order valence-electron chi connectivity index (χ4n) is 3.31. The number of fused-ring (bicyclic) bond motifs is 1. The molecule has 142 valence electrons. The number of para-hydroxylation sites is 2. The van der Waals surface area contributed by atoms with E-state index in [1.54, 1.807) is 6.07 Å². The van der Waals surface area contributed by atoms with Crippen LogP contribution in [0, 0.1) is 0 Å². The van der Waals surface area contributed by atoms with Crippen LogP contribution < -0.4 is 10.6 Å². The first-order chi connectivity index (χ1) is 13.5. The molecule has 0 fully saturated rings. The molecule has 2 amide bonds. The highest BCUT2D eigenvalue weighted by atomic mass is 16.2. The summed E-state index contributed by atoms with van der Waals surface area (Å²) in [5, 5.41) is 12.9. The highest BCUT2D eigenvalue weighted by molar-refractivity contribution is 6.06. The van der Waals surface area contributed by atoms with Gasteiger partial charge in [-0.1, -0.05) is 44.2 Å². The number of amides is 2. The highest BCUT2D eigenvalue weighted by Gasteiger charge is 2.32. The molecule has 0 bridgehead atoms. The third-order valence-electron chi connectivity index (χ3n) is 4.79. The number of benzene rings is 2. The van der Waals surface area contributed by atoms with Gasteiger partial charge in [-0.05, 0) is 23.8 Å². The van der Waals surface area contributed by atoms with Crippen LogP contribution in [0.4, 0.5) is 11.4 Å². The highest BCUT2D eigenvalue weighted by Crippen LogP contribution is 2.35. The monoisotopic (exact) mass is 375 g/mol. The molecule has 2 aromatic carbocycles. The van der Waals surface area contributed by atoms with Gasteiger partial charge in [0.25, 0.3) is 0 Å². The molecule has 1 aliphatic heterocycles. The molecule has 1 unspecified atom stereocenters. The average Bonchev–Trinajstić information content (AvgIpc) is 3.28. The molecule has 4 rings (SSSR count). The van der Waals surface area contributed by atoms with Gasteiger partial charge in [-0.2, -0.15) is 5.10 Å². The Labute approximate surface area is 162 Å². The summed E-state index contributed by atoms with van der Waals surface area (Å²) in [6.45, 7) is 4.06. The molecule has 3 N–H and O–H groups in total. The summed E-state index contributed by atoms with van der Waals surface area (Å²) in [5.41, 5.74) is 2.97. The van der Waals surface area contributed by atoms with Crippen LogP contribution in [-0.4, -0.2) is 27.0 Å². The molecule has 0 saturated heterocycles. The quantitative estimate of drug-likeness (QED) is 0.633. The molecule has 28 heavy (non-hydrogen) atoms. The maximum Gasteiger partial charge on any atom is 0.232 e. The molecule has 0 saturated carbocycles. The van der Waals surface area contributed by atoms with Gasteiger partial charge in [0.15, 0.2) is 5.82 Å². The van der Waals surface area contributed by atoms with Crippen molar-refractivity contribution in [2.75, 3.05) is 10.6 Å². The second-order valence-corrected chi connectivity index (χ2v) is 7.13. The summed E-state index contributed by atoms with van der Waals surface area (Å²) >= 11 is 0. The molecule has 2 heterocycles. The van der Waals surface area contributed by atoms with Crippen LogP contribution in [0.5, 0.6) is 0 Å². The van der Waals surface area contributed by atoms with Crippen LogP contribution in [-0.2, 0) is 9.59 Å². The van der Waals surface area contributed by atoms with Crippen molar-refractivity contribution < 1.29 is 9.59 Å². The number of rotatable bonds is 5. The molecule has 0 spiro atoms. The zero-order valence-electron chi connectivity index (χ0n) is 15.7. The van der Waals surface area contributed by atoms with Crippen LogP contribution in [0.2, 0.25) is 0 Å². The minimum Gasteiger partial charge on any atom is -0.325 e. The molecular weight excluding hydrogens is 354 g/mol. The second-order valence-electron chi connectivity index (χ2n) is 7.13. The van der Waals surface area contributed by atoms with E-state index in [4.69, 9.17) is 0 Å². The summed E-state index contributed by atoms with van der Waals surface area (Å²) < 4.78 is 0. The Hall–Kier alpha value is -3.48. The van der Waals surface area contributed by atoms with E-state index in [0.717, 1.165) is 22.6 Å². The minimum atomic E-state index is -0.487. The van der Waals surface area contributed by atoms with Crippen molar-refractivity contribution >= 4 is 23.2 Å². The number of aromatic amines is 1. The Kier molecular flexibility index (Phi) is 4.65. The number of carbonyl (C=O) groups excluding carboxylic acids is 2. The number of H-pyrrole nitrogens is 1. The number of anilines is 2. The lowest BCUT2D eigenvalue weighted by Crippen LogP contribution is -2.20. The lowest BCUT2D eigenvalue weighted by molar-refractivity contribution is -0.122. The van der Waals surface area contributed by atoms with E-state index >= 15 is 0 Å². The van der Waals surface area contributed by atoms with E-state index in [9.17, 15) is 9.59 Å². The van der Waals surface area contributed by atoms with Gasteiger partial charge in [0, 0.05) is 23.6 Å². The smallest absolute Gasteiger partial charge is 0.232 e. The Morgan fingerprint density at radius 3 is 2.68 bits per heavy atom. The fourth-order valence-corrected chi connectivity index (χ4v) is 3.31. The summed E-state index contributed by atoms with van der Waals surface area (Å²) in [5.74, 6) is 0.673. The molecule has 0 radical (unpaired) electrons. The van der Waals surface area contributed by atoms with E-state index in [-0.39, 0.29) is 24.2 Å². The lowest BCUT2D eigenvalue weighted by atomic mass is 9.97. The van der Waals surface area contributed by atoms with Gasteiger partial charge in [0.2, 0.25) is 11.8 Å². The Morgan fingerprint density at radius 2 is 1.89 bits per heavy atom. The fraction of sp³-hybridized carbons (Fsp3) is 0.238. The summed E-state index contributed by atoms with van der Waals surface area (Å²) in [7, 11) is 0. The van der Waals surface area contributed by atoms with E-state index in [0.29, 0.717) is 11.5 Å². The SMILES string of the molecule is CC(C)c1nc(-c2ccccc2NC(=O)CC2C(=O)Nc3ccccc32)n[nH]1. The van der Waals surface area contributed by atoms with E-state index in [1.165, 1.54) is 0 Å². The number of carbonyl (C=O) groups is 2. The van der Waals surface area contributed by atoms with E-state index in [2.05, 4.69) is 25.8 Å². The number of nitrogens with one attached hydrogen (secondary N) is 3. The van der Waals surface area contributed by atoms with Crippen molar-refractivity contribution in [2.45, 2.75) is 32.1 Å². The normalized spacial score (nSPS) is 15.4. The number of nitrogens with zero attached hydrogens (tertiary/aromatic N) is 2. The standard InChI is InChI=1S/C21H21N5O2/c1-12(2)19-24-20(26-25-19)14-8-4-6-10-17(14)22-18(27)11-15-13-7-3-5-9-16(13)23-21(15)28/h3-10,12,15H,11H2,1-2H3,(H,22,27)(H,23,28)(H,24,25,26). The summed E-state index contributed by atoms with van der Waals surface area (Å²) in [4.78, 5) is 29.5. The number of aromatic nitrogens is 3. The van der Waals surface area contributed by atoms with Gasteiger partial charge in [-0.15, -0.1) is 0 Å². The Morgan fingerprint density at radius 1 is 1.14 bits per heavy atom. The van der Waals surface area contributed by atoms with Gasteiger partial charge in [0.05, 0.1) is 11.6 Å².